The third-order valence-electron chi connectivity index (χ3n) is 2.59. The summed E-state index contributed by atoms with van der Waals surface area (Å²) in [5, 5.41) is 0. The largest absolute Gasteiger partial charge is 0.137 e. The first kappa shape index (κ1) is 9.04. The van der Waals surface area contributed by atoms with Crippen LogP contribution in [0.25, 0.3) is 0 Å². The van der Waals surface area contributed by atoms with Crippen molar-refractivity contribution in [2.24, 2.45) is 10.5 Å². The predicted molar refractivity (Wildman–Crippen MR) is 49.4 cm³/mol. The van der Waals surface area contributed by atoms with E-state index in [2.05, 4.69) is 18.4 Å². The van der Waals surface area contributed by atoms with Crippen LogP contribution in [0.4, 0.5) is 0 Å². The summed E-state index contributed by atoms with van der Waals surface area (Å²) in [6.45, 7) is 4.42. The Kier molecular flexibility index (Phi) is 2.93. The predicted octanol–water partition coefficient (Wildman–Crippen LogP) is 3.37. The van der Waals surface area contributed by atoms with Gasteiger partial charge in [-0.3, -0.25) is 0 Å². The maximum Gasteiger partial charge on any atom is 0.0384 e. The van der Waals surface area contributed by atoms with Gasteiger partial charge in [0, 0.05) is 21.3 Å². The van der Waals surface area contributed by atoms with E-state index < -0.39 is 0 Å². The van der Waals surface area contributed by atoms with Crippen LogP contribution in [0.2, 0.25) is 0 Å². The molecule has 0 saturated heterocycles. The van der Waals surface area contributed by atoms with Gasteiger partial charge in [0.05, 0.1) is 0 Å². The van der Waals surface area contributed by atoms with Gasteiger partial charge in [-0.15, -0.1) is 4.91 Å². The lowest BCUT2D eigenvalue weighted by molar-refractivity contribution is 0.334. The molecule has 0 N–H and O–H groups in total. The van der Waals surface area contributed by atoms with Gasteiger partial charge in [-0.1, -0.05) is 6.92 Å². The first-order valence-corrected chi connectivity index (χ1v) is 4.94. The molecule has 11 heavy (non-hydrogen) atoms. The molecule has 0 spiro atoms. The van der Waals surface area contributed by atoms with Crippen LogP contribution < -0.4 is 0 Å². The molecule has 0 atom stereocenters. The standard InChI is InChI=1S/C8H15NOS/c1-7-3-5-8(2,6-4-7)11-9-10/h7H,3-6H2,1-2H3. The first-order chi connectivity index (χ1) is 5.16. The van der Waals surface area contributed by atoms with E-state index in [4.69, 9.17) is 0 Å². The molecule has 0 amide bonds. The summed E-state index contributed by atoms with van der Waals surface area (Å²) in [5.74, 6) is 0.843. The molecule has 0 unspecified atom stereocenters. The SMILES string of the molecule is CC1CCC(C)(SN=O)CC1. The molecular weight excluding hydrogens is 158 g/mol. The molecule has 2 nitrogen and oxygen atoms in total. The van der Waals surface area contributed by atoms with Gasteiger partial charge in [0.1, 0.15) is 0 Å². The van der Waals surface area contributed by atoms with Crippen LogP contribution in [0.15, 0.2) is 4.58 Å². The van der Waals surface area contributed by atoms with Crippen molar-refractivity contribution in [3.05, 3.63) is 4.91 Å². The molecule has 0 aromatic heterocycles. The Morgan fingerprint density at radius 1 is 1.45 bits per heavy atom. The quantitative estimate of drug-likeness (QED) is 0.473. The highest BCUT2D eigenvalue weighted by Crippen LogP contribution is 2.41. The molecule has 1 rings (SSSR count). The fourth-order valence-electron chi connectivity index (χ4n) is 1.55. The molecule has 0 heterocycles. The van der Waals surface area contributed by atoms with Gasteiger partial charge in [-0.25, -0.2) is 0 Å². The Hall–Kier alpha value is -0.0500. The molecule has 1 saturated carbocycles. The van der Waals surface area contributed by atoms with Gasteiger partial charge >= 0.3 is 0 Å². The maximum absolute atomic E-state index is 10.1. The molecule has 1 aliphatic carbocycles. The molecule has 64 valence electrons. The normalized spacial score (nSPS) is 38.5. The Balaban J connectivity index is 2.41. The highest BCUT2D eigenvalue weighted by atomic mass is 32.2. The summed E-state index contributed by atoms with van der Waals surface area (Å²) in [5.41, 5.74) is 0. The lowest BCUT2D eigenvalue weighted by Crippen LogP contribution is -2.25. The smallest absolute Gasteiger partial charge is 0.0384 e. The first-order valence-electron chi connectivity index (χ1n) is 4.17. The molecule has 0 aromatic carbocycles. The van der Waals surface area contributed by atoms with Crippen molar-refractivity contribution in [2.75, 3.05) is 0 Å². The average Bonchev–Trinajstić information content (AvgIpc) is 1.97. The minimum absolute atomic E-state index is 0.147. The maximum atomic E-state index is 10.1. The molecule has 1 aliphatic rings. The van der Waals surface area contributed by atoms with E-state index in [9.17, 15) is 4.91 Å². The number of rotatable bonds is 2. The summed E-state index contributed by atoms with van der Waals surface area (Å²) < 4.78 is 3.07. The van der Waals surface area contributed by atoms with E-state index in [0.29, 0.717) is 0 Å². The Morgan fingerprint density at radius 2 is 2.00 bits per heavy atom. The number of hydrogen-bond acceptors (Lipinski definition) is 3. The van der Waals surface area contributed by atoms with E-state index in [1.165, 1.54) is 24.8 Å². The molecule has 1 fully saturated rings. The van der Waals surface area contributed by atoms with Crippen LogP contribution >= 0.6 is 11.9 Å². The van der Waals surface area contributed by atoms with E-state index in [1.807, 2.05) is 0 Å². The number of hydrogen-bond donors (Lipinski definition) is 0. The van der Waals surface area contributed by atoms with Crippen molar-refractivity contribution in [3.8, 4) is 0 Å². The van der Waals surface area contributed by atoms with E-state index in [-0.39, 0.29) is 4.75 Å². The second-order valence-electron chi connectivity index (χ2n) is 3.80. The Bertz CT molecular complexity index is 141. The topological polar surface area (TPSA) is 29.4 Å². The van der Waals surface area contributed by atoms with E-state index in [1.54, 1.807) is 0 Å². The zero-order valence-corrected chi connectivity index (χ0v) is 7.99. The third-order valence-corrected chi connectivity index (χ3v) is 3.51. The van der Waals surface area contributed by atoms with Crippen molar-refractivity contribution < 1.29 is 0 Å². The van der Waals surface area contributed by atoms with Gasteiger partial charge in [0.2, 0.25) is 0 Å². The van der Waals surface area contributed by atoms with Crippen LogP contribution in [-0.4, -0.2) is 4.75 Å². The van der Waals surface area contributed by atoms with Crippen molar-refractivity contribution >= 4 is 11.9 Å². The lowest BCUT2D eigenvalue weighted by atomic mass is 9.83. The minimum atomic E-state index is 0.147. The van der Waals surface area contributed by atoms with Crippen molar-refractivity contribution in [1.29, 1.82) is 0 Å². The van der Waals surface area contributed by atoms with Crippen LogP contribution in [0.1, 0.15) is 39.5 Å². The summed E-state index contributed by atoms with van der Waals surface area (Å²) in [6, 6.07) is 0. The van der Waals surface area contributed by atoms with Crippen LogP contribution in [-0.2, 0) is 0 Å². The molecule has 0 bridgehead atoms. The van der Waals surface area contributed by atoms with Crippen molar-refractivity contribution in [1.82, 2.24) is 0 Å². The van der Waals surface area contributed by atoms with E-state index >= 15 is 0 Å². The highest BCUT2D eigenvalue weighted by molar-refractivity contribution is 7.99. The molecule has 0 radical (unpaired) electrons. The Morgan fingerprint density at radius 3 is 2.45 bits per heavy atom. The summed E-state index contributed by atoms with van der Waals surface area (Å²) in [4.78, 5) is 10.1. The van der Waals surface area contributed by atoms with Gasteiger partial charge in [0.25, 0.3) is 0 Å². The van der Waals surface area contributed by atoms with E-state index in [0.717, 1.165) is 18.8 Å². The molecule has 0 aliphatic heterocycles. The second kappa shape index (κ2) is 3.57. The van der Waals surface area contributed by atoms with Crippen LogP contribution in [0.5, 0.6) is 0 Å². The molecule has 0 aromatic rings. The monoisotopic (exact) mass is 173 g/mol. The summed E-state index contributed by atoms with van der Waals surface area (Å²) in [6.07, 6.45) is 4.78. The minimum Gasteiger partial charge on any atom is -0.137 e. The lowest BCUT2D eigenvalue weighted by Gasteiger charge is -2.32. The zero-order chi connectivity index (χ0) is 8.32. The van der Waals surface area contributed by atoms with Crippen molar-refractivity contribution in [2.45, 2.75) is 44.3 Å². The van der Waals surface area contributed by atoms with Gasteiger partial charge in [-0.2, -0.15) is 0 Å². The fourth-order valence-corrected chi connectivity index (χ4v) is 2.15. The Labute approximate surface area is 72.2 Å². The molecule has 3 heteroatoms. The third kappa shape index (κ3) is 2.47. The second-order valence-corrected chi connectivity index (χ2v) is 5.12. The number of nitrogens with zero attached hydrogens (tertiary/aromatic N) is 1. The summed E-state index contributed by atoms with van der Waals surface area (Å²) >= 11 is 1.23. The summed E-state index contributed by atoms with van der Waals surface area (Å²) in [7, 11) is 0. The molecular formula is C8H15NOS. The van der Waals surface area contributed by atoms with Gasteiger partial charge in [0.15, 0.2) is 0 Å². The van der Waals surface area contributed by atoms with Crippen LogP contribution in [0.3, 0.4) is 0 Å². The average molecular weight is 173 g/mol. The number of nitroso groups, excluding NO2 is 1. The van der Waals surface area contributed by atoms with Gasteiger partial charge < -0.3 is 0 Å². The zero-order valence-electron chi connectivity index (χ0n) is 7.17. The fraction of sp³-hybridized carbons (Fsp3) is 1.00. The van der Waals surface area contributed by atoms with Gasteiger partial charge in [-0.05, 0) is 38.5 Å². The van der Waals surface area contributed by atoms with Crippen molar-refractivity contribution in [3.63, 3.8) is 0 Å². The highest BCUT2D eigenvalue weighted by Gasteiger charge is 2.30. The van der Waals surface area contributed by atoms with Crippen LogP contribution in [0, 0.1) is 10.8 Å².